The number of aliphatic hydroxyl groups is 1. The van der Waals surface area contributed by atoms with Gasteiger partial charge in [0.15, 0.2) is 5.78 Å². The number of carbonyl (C=O) groups is 3. The summed E-state index contributed by atoms with van der Waals surface area (Å²) < 4.78 is 0. The lowest BCUT2D eigenvalue weighted by atomic mass is 10.5. The van der Waals surface area contributed by atoms with Crippen molar-refractivity contribution in [3.63, 3.8) is 0 Å². The Balaban J connectivity index is 0. The summed E-state index contributed by atoms with van der Waals surface area (Å²) in [4.78, 5) is 28.5. The molecule has 0 unspecified atom stereocenters. The molecule has 0 fully saturated rings. The van der Waals surface area contributed by atoms with Crippen molar-refractivity contribution in [1.29, 1.82) is 0 Å². The number of carboxylic acid groups (broad SMARTS) is 1. The molecule has 0 aromatic heterocycles. The number of hydrogen-bond acceptors (Lipinski definition) is 4. The minimum Gasteiger partial charge on any atom is -0.476 e. The van der Waals surface area contributed by atoms with E-state index < -0.39 is 11.8 Å². The van der Waals surface area contributed by atoms with E-state index in [-0.39, 0.29) is 12.4 Å². The van der Waals surface area contributed by atoms with Gasteiger partial charge in [0.2, 0.25) is 5.78 Å². The van der Waals surface area contributed by atoms with E-state index >= 15 is 0 Å². The van der Waals surface area contributed by atoms with E-state index in [9.17, 15) is 14.4 Å². The van der Waals surface area contributed by atoms with Crippen molar-refractivity contribution in [3.8, 4) is 0 Å². The molecule has 0 amide bonds. The molecule has 0 heterocycles. The number of hydrogen-bond donors (Lipinski definition) is 2. The smallest absolute Gasteiger partial charge is 0.371 e. The third-order valence-electron chi connectivity index (χ3n) is 0.524. The topological polar surface area (TPSA) is 91.7 Å². The fraction of sp³-hybridized carbons (Fsp3) is 0.500. The fourth-order valence-corrected chi connectivity index (χ4v) is 0. The molecule has 0 saturated heterocycles. The normalized spacial score (nSPS) is 7.55. The van der Waals surface area contributed by atoms with Crippen molar-refractivity contribution >= 4 is 17.5 Å². The van der Waals surface area contributed by atoms with Crippen LogP contribution in [-0.2, 0) is 14.4 Å². The molecule has 0 aromatic rings. The zero-order valence-corrected chi connectivity index (χ0v) is 6.33. The highest BCUT2D eigenvalue weighted by atomic mass is 16.4. The lowest BCUT2D eigenvalue weighted by molar-refractivity contribution is -0.148. The summed E-state index contributed by atoms with van der Waals surface area (Å²) in [7, 11) is 0. The fourth-order valence-electron chi connectivity index (χ4n) is 0. The third kappa shape index (κ3) is 17.7. The Bertz CT molecular complexity index is 148. The van der Waals surface area contributed by atoms with Crippen LogP contribution in [0.5, 0.6) is 0 Å². The maximum atomic E-state index is 9.56. The summed E-state index contributed by atoms with van der Waals surface area (Å²) in [6.45, 7) is 2.00. The second kappa shape index (κ2) is 6.88. The Morgan fingerprint density at radius 2 is 1.36 bits per heavy atom. The average molecular weight is 162 g/mol. The highest BCUT2D eigenvalue weighted by Gasteiger charge is 1.98. The highest BCUT2D eigenvalue weighted by Crippen LogP contribution is 1.61. The number of rotatable bonds is 2. The minimum atomic E-state index is -1.38. The first-order chi connectivity index (χ1) is 4.91. The average Bonchev–Trinajstić information content (AvgIpc) is 1.89. The van der Waals surface area contributed by atoms with Crippen LogP contribution in [0.15, 0.2) is 0 Å². The van der Waals surface area contributed by atoms with Crippen molar-refractivity contribution in [1.82, 2.24) is 0 Å². The molecule has 0 aromatic carbocycles. The molecule has 0 rings (SSSR count). The summed E-state index contributed by atoms with van der Waals surface area (Å²) in [6.07, 6.45) is 0. The summed E-state index contributed by atoms with van der Waals surface area (Å²) in [6, 6.07) is 0. The van der Waals surface area contributed by atoms with E-state index in [1.807, 2.05) is 0 Å². The monoisotopic (exact) mass is 162 g/mol. The van der Waals surface area contributed by atoms with Gasteiger partial charge in [0.1, 0.15) is 6.61 Å². The summed E-state index contributed by atoms with van der Waals surface area (Å²) in [5.74, 6) is -2.39. The van der Waals surface area contributed by atoms with Gasteiger partial charge in [0.25, 0.3) is 0 Å². The van der Waals surface area contributed by atoms with E-state index in [1.54, 1.807) is 0 Å². The molecule has 5 heteroatoms. The van der Waals surface area contributed by atoms with Crippen LogP contribution in [0.25, 0.3) is 0 Å². The van der Waals surface area contributed by atoms with Crippen LogP contribution in [0.4, 0.5) is 0 Å². The van der Waals surface area contributed by atoms with Gasteiger partial charge in [-0.3, -0.25) is 9.59 Å². The largest absolute Gasteiger partial charge is 0.476 e. The van der Waals surface area contributed by atoms with Crippen LogP contribution in [0.3, 0.4) is 0 Å². The quantitative estimate of drug-likeness (QED) is 0.520. The van der Waals surface area contributed by atoms with Crippen LogP contribution < -0.4 is 0 Å². The van der Waals surface area contributed by atoms with Crippen LogP contribution in [0.2, 0.25) is 0 Å². The number of carbonyl (C=O) groups excluding carboxylic acids is 2. The summed E-state index contributed by atoms with van der Waals surface area (Å²) in [5, 5.41) is 15.4. The minimum absolute atomic E-state index is 0.190. The Morgan fingerprint density at radius 3 is 1.36 bits per heavy atom. The molecule has 0 spiro atoms. The first-order valence-electron chi connectivity index (χ1n) is 2.76. The molecule has 11 heavy (non-hydrogen) atoms. The Morgan fingerprint density at radius 1 is 1.18 bits per heavy atom. The molecule has 0 saturated carbocycles. The number of carboxylic acids is 1. The summed E-state index contributed by atoms with van der Waals surface area (Å²) in [5.41, 5.74) is 0. The van der Waals surface area contributed by atoms with Gasteiger partial charge in [-0.05, 0) is 6.92 Å². The van der Waals surface area contributed by atoms with Crippen LogP contribution in [0, 0.1) is 0 Å². The maximum absolute atomic E-state index is 9.56. The van der Waals surface area contributed by atoms with Gasteiger partial charge in [0.05, 0.1) is 0 Å². The van der Waals surface area contributed by atoms with E-state index in [1.165, 1.54) is 6.92 Å². The molecule has 0 aliphatic carbocycles. The van der Waals surface area contributed by atoms with Gasteiger partial charge >= 0.3 is 5.97 Å². The number of ketones is 2. The van der Waals surface area contributed by atoms with Gasteiger partial charge in [-0.2, -0.15) is 0 Å². The van der Waals surface area contributed by atoms with Crippen LogP contribution in [0.1, 0.15) is 13.8 Å². The van der Waals surface area contributed by atoms with Crippen molar-refractivity contribution in [2.24, 2.45) is 0 Å². The van der Waals surface area contributed by atoms with E-state index in [0.29, 0.717) is 0 Å². The standard InChI is InChI=1S/C3H4O3.C3H6O2/c1-2(4)3(5)6;1-3(5)2-4/h1H3,(H,5,6);4H,2H2,1H3. The molecular weight excluding hydrogens is 152 g/mol. The van der Waals surface area contributed by atoms with Gasteiger partial charge < -0.3 is 10.2 Å². The number of Topliss-reactive ketones (excluding diaryl/α,β-unsaturated/α-hetero) is 2. The van der Waals surface area contributed by atoms with E-state index in [2.05, 4.69) is 0 Å². The molecule has 0 bridgehead atoms. The Kier molecular flexibility index (Phi) is 7.79. The second-order valence-electron chi connectivity index (χ2n) is 1.72. The van der Waals surface area contributed by atoms with E-state index in [0.717, 1.165) is 6.92 Å². The van der Waals surface area contributed by atoms with Gasteiger partial charge in [-0.15, -0.1) is 0 Å². The lowest BCUT2D eigenvalue weighted by Gasteiger charge is -1.73. The molecule has 0 aliphatic rings. The van der Waals surface area contributed by atoms with Gasteiger partial charge in [0, 0.05) is 6.92 Å². The van der Waals surface area contributed by atoms with Crippen molar-refractivity contribution in [2.75, 3.05) is 6.61 Å². The molecule has 64 valence electrons. The maximum Gasteiger partial charge on any atom is 0.371 e. The van der Waals surface area contributed by atoms with Gasteiger partial charge in [-0.25, -0.2) is 4.79 Å². The number of aliphatic carboxylic acids is 1. The van der Waals surface area contributed by atoms with Crippen LogP contribution in [-0.4, -0.2) is 34.4 Å². The SMILES string of the molecule is CC(=O)C(=O)O.CC(=O)CO. The molecule has 0 radical (unpaired) electrons. The first kappa shape index (κ1) is 12.4. The summed E-state index contributed by atoms with van der Waals surface area (Å²) >= 11 is 0. The Labute approximate surface area is 63.6 Å². The zero-order chi connectivity index (χ0) is 9.44. The van der Waals surface area contributed by atoms with E-state index in [4.69, 9.17) is 10.2 Å². The van der Waals surface area contributed by atoms with Gasteiger partial charge in [-0.1, -0.05) is 0 Å². The zero-order valence-electron chi connectivity index (χ0n) is 6.33. The molecule has 0 aliphatic heterocycles. The Hall–Kier alpha value is -1.23. The predicted octanol–water partition coefficient (Wildman–Crippen LogP) is -0.772. The first-order valence-corrected chi connectivity index (χ1v) is 2.76. The molecule has 2 N–H and O–H groups in total. The van der Waals surface area contributed by atoms with Crippen molar-refractivity contribution in [3.05, 3.63) is 0 Å². The van der Waals surface area contributed by atoms with Crippen molar-refractivity contribution in [2.45, 2.75) is 13.8 Å². The van der Waals surface area contributed by atoms with Crippen molar-refractivity contribution < 1.29 is 24.6 Å². The predicted molar refractivity (Wildman–Crippen MR) is 36.1 cm³/mol. The highest BCUT2D eigenvalue weighted by molar-refractivity contribution is 6.31. The third-order valence-corrected chi connectivity index (χ3v) is 0.524. The molecule has 5 nitrogen and oxygen atoms in total. The molecular formula is C6H10O5. The second-order valence-corrected chi connectivity index (χ2v) is 1.72. The lowest BCUT2D eigenvalue weighted by Crippen LogP contribution is -2.05. The molecule has 0 atom stereocenters. The number of aliphatic hydroxyl groups excluding tert-OH is 1. The van der Waals surface area contributed by atoms with Crippen LogP contribution >= 0.6 is 0 Å².